The molecule has 0 aromatic rings. The van der Waals surface area contributed by atoms with Crippen molar-refractivity contribution < 1.29 is 0 Å². The first kappa shape index (κ1) is 13.7. The summed E-state index contributed by atoms with van der Waals surface area (Å²) in [5.74, 6) is 0. The van der Waals surface area contributed by atoms with Gasteiger partial charge in [-0.1, -0.05) is 0 Å². The minimum atomic E-state index is -2.45. The van der Waals surface area contributed by atoms with Crippen molar-refractivity contribution in [2.75, 3.05) is 42.3 Å². The monoisotopic (exact) mass is 321 g/mol. The number of hydrogen-bond acceptors (Lipinski definition) is 3. The molecule has 0 bridgehead atoms. The zero-order chi connectivity index (χ0) is 11.6. The van der Waals surface area contributed by atoms with Gasteiger partial charge in [-0.25, -0.2) is 0 Å². The Kier molecular flexibility index (Phi) is 4.89. The molecule has 0 saturated heterocycles. The second kappa shape index (κ2) is 5.34. The summed E-state index contributed by atoms with van der Waals surface area (Å²) in [5.41, 5.74) is 0. The molecule has 4 heteroatoms. The molecular formula is C11H27N3Sn. The molecule has 1 aliphatic carbocycles. The van der Waals surface area contributed by atoms with Crippen LogP contribution in [0, 0.1) is 0 Å². The van der Waals surface area contributed by atoms with Gasteiger partial charge in [0.25, 0.3) is 0 Å². The van der Waals surface area contributed by atoms with Crippen LogP contribution in [0.25, 0.3) is 0 Å². The van der Waals surface area contributed by atoms with E-state index in [2.05, 4.69) is 51.7 Å². The molecular weight excluding hydrogens is 293 g/mol. The quantitative estimate of drug-likeness (QED) is 0.728. The van der Waals surface area contributed by atoms with E-state index in [4.69, 9.17) is 0 Å². The van der Waals surface area contributed by atoms with Crippen LogP contribution >= 0.6 is 0 Å². The summed E-state index contributed by atoms with van der Waals surface area (Å²) in [6.07, 6.45) is 5.78. The van der Waals surface area contributed by atoms with Crippen molar-refractivity contribution in [3.8, 4) is 0 Å². The second-order valence-corrected chi connectivity index (χ2v) is 19.3. The van der Waals surface area contributed by atoms with Gasteiger partial charge in [0.05, 0.1) is 0 Å². The predicted octanol–water partition coefficient (Wildman–Crippen LogP) is 1.55. The molecule has 0 amide bonds. The third-order valence-electron chi connectivity index (χ3n) is 3.88. The molecule has 90 valence electrons. The van der Waals surface area contributed by atoms with Gasteiger partial charge in [0, 0.05) is 0 Å². The van der Waals surface area contributed by atoms with E-state index in [0.717, 1.165) is 3.93 Å². The van der Waals surface area contributed by atoms with E-state index in [1.807, 2.05) is 0 Å². The Bertz CT molecular complexity index is 176. The average molecular weight is 320 g/mol. The van der Waals surface area contributed by atoms with Crippen molar-refractivity contribution in [2.24, 2.45) is 0 Å². The summed E-state index contributed by atoms with van der Waals surface area (Å²) in [4.78, 5) is 0. The van der Waals surface area contributed by atoms with Gasteiger partial charge in [-0.15, -0.1) is 0 Å². The van der Waals surface area contributed by atoms with Crippen LogP contribution in [-0.2, 0) is 0 Å². The molecule has 0 aromatic carbocycles. The van der Waals surface area contributed by atoms with Gasteiger partial charge in [0.1, 0.15) is 0 Å². The summed E-state index contributed by atoms with van der Waals surface area (Å²) in [5, 5.41) is 0. The van der Waals surface area contributed by atoms with Gasteiger partial charge < -0.3 is 0 Å². The number of rotatable bonds is 4. The first-order chi connectivity index (χ1) is 6.94. The molecule has 15 heavy (non-hydrogen) atoms. The molecule has 1 rings (SSSR count). The SMILES string of the molecule is C[N](C)[Sn]([CH]1CCCC1)([N](C)C)[N](C)C. The fraction of sp³-hybridized carbons (Fsp3) is 1.00. The second-order valence-electron chi connectivity index (χ2n) is 5.35. The van der Waals surface area contributed by atoms with Crippen molar-refractivity contribution >= 4 is 19.2 Å². The van der Waals surface area contributed by atoms with Crippen LogP contribution in [0.15, 0.2) is 0 Å². The van der Waals surface area contributed by atoms with Gasteiger partial charge in [0.2, 0.25) is 0 Å². The van der Waals surface area contributed by atoms with Crippen LogP contribution in [-0.4, -0.2) is 70.8 Å². The van der Waals surface area contributed by atoms with Gasteiger partial charge in [-0.2, -0.15) is 0 Å². The van der Waals surface area contributed by atoms with Crippen LogP contribution in [0.2, 0.25) is 3.93 Å². The maximum absolute atomic E-state index is 2.57. The van der Waals surface area contributed by atoms with Crippen LogP contribution in [0.5, 0.6) is 0 Å². The summed E-state index contributed by atoms with van der Waals surface area (Å²) >= 11 is -2.45. The molecule has 0 spiro atoms. The van der Waals surface area contributed by atoms with Gasteiger partial charge >= 0.3 is 100 Å². The third kappa shape index (κ3) is 2.35. The molecule has 0 unspecified atom stereocenters. The van der Waals surface area contributed by atoms with Crippen molar-refractivity contribution in [1.29, 1.82) is 0 Å². The Labute approximate surface area is 100 Å². The van der Waals surface area contributed by atoms with E-state index in [0.29, 0.717) is 0 Å². The van der Waals surface area contributed by atoms with E-state index in [-0.39, 0.29) is 0 Å². The first-order valence-electron chi connectivity index (χ1n) is 5.96. The van der Waals surface area contributed by atoms with Crippen molar-refractivity contribution in [2.45, 2.75) is 29.6 Å². The van der Waals surface area contributed by atoms with Crippen molar-refractivity contribution in [3.63, 3.8) is 0 Å². The summed E-state index contributed by atoms with van der Waals surface area (Å²) in [6.45, 7) is 0. The minimum absolute atomic E-state index is 0.972. The third-order valence-corrected chi connectivity index (χ3v) is 19.9. The van der Waals surface area contributed by atoms with E-state index >= 15 is 0 Å². The molecule has 0 radical (unpaired) electrons. The molecule has 1 saturated carbocycles. The maximum atomic E-state index is 2.57. The van der Waals surface area contributed by atoms with Gasteiger partial charge in [-0.3, -0.25) is 0 Å². The Morgan fingerprint density at radius 3 is 1.33 bits per heavy atom. The fourth-order valence-corrected chi connectivity index (χ4v) is 20.1. The van der Waals surface area contributed by atoms with Crippen LogP contribution < -0.4 is 0 Å². The molecule has 1 fully saturated rings. The summed E-state index contributed by atoms with van der Waals surface area (Å²) in [6, 6.07) is 0. The predicted molar refractivity (Wildman–Crippen MR) is 69.0 cm³/mol. The zero-order valence-electron chi connectivity index (χ0n) is 11.2. The Morgan fingerprint density at radius 1 is 0.733 bits per heavy atom. The van der Waals surface area contributed by atoms with Gasteiger partial charge in [0.15, 0.2) is 0 Å². The Hall–Kier alpha value is 0.679. The van der Waals surface area contributed by atoms with Crippen molar-refractivity contribution in [3.05, 3.63) is 0 Å². The molecule has 0 N–H and O–H groups in total. The average Bonchev–Trinajstić information content (AvgIpc) is 2.55. The van der Waals surface area contributed by atoms with Crippen LogP contribution in [0.3, 0.4) is 0 Å². The number of hydrogen-bond donors (Lipinski definition) is 0. The normalized spacial score (nSPS) is 19.8. The molecule has 0 aliphatic heterocycles. The Morgan fingerprint density at radius 2 is 1.07 bits per heavy atom. The molecule has 1 aliphatic rings. The van der Waals surface area contributed by atoms with Gasteiger partial charge in [-0.05, 0) is 0 Å². The number of nitrogens with zero attached hydrogens (tertiary/aromatic N) is 3. The van der Waals surface area contributed by atoms with E-state index in [9.17, 15) is 0 Å². The van der Waals surface area contributed by atoms with Crippen LogP contribution in [0.4, 0.5) is 0 Å². The molecule has 0 heterocycles. The van der Waals surface area contributed by atoms with E-state index < -0.39 is 19.2 Å². The summed E-state index contributed by atoms with van der Waals surface area (Å²) in [7, 11) is 13.7. The van der Waals surface area contributed by atoms with E-state index in [1.165, 1.54) is 25.7 Å². The molecule has 0 atom stereocenters. The van der Waals surface area contributed by atoms with E-state index in [1.54, 1.807) is 0 Å². The summed E-state index contributed by atoms with van der Waals surface area (Å²) < 4.78 is 8.69. The van der Waals surface area contributed by atoms with Crippen molar-refractivity contribution in [1.82, 2.24) is 9.36 Å². The first-order valence-corrected chi connectivity index (χ1v) is 11.4. The molecule has 0 aromatic heterocycles. The fourth-order valence-electron chi connectivity index (χ4n) is 3.61. The van der Waals surface area contributed by atoms with Crippen LogP contribution in [0.1, 0.15) is 25.7 Å². The topological polar surface area (TPSA) is 9.72 Å². The Balaban J connectivity index is 3.00. The standard InChI is InChI=1S/C5H9.3C2H6N.Sn/c1-2-4-5-3-1;3*1-3-2;/h1H,2-5H2;3*1-2H3;/q;3*-1;+3. The zero-order valence-corrected chi connectivity index (χ0v) is 14.1. The molecule has 3 nitrogen and oxygen atoms in total.